The SMILES string of the molecule is Cc1ccc(Nc2ccc3ncn(-c4ccc(C(=O)C(F)(F)F)c(-n5nc(C#N)cc5C)n4)c3c2)nn1. The first-order valence-electron chi connectivity index (χ1n) is 10.8. The van der Waals surface area contributed by atoms with Crippen LogP contribution in [0.5, 0.6) is 0 Å². The maximum absolute atomic E-state index is 13.3. The highest BCUT2D eigenvalue weighted by Crippen LogP contribution is 2.28. The molecule has 184 valence electrons. The summed E-state index contributed by atoms with van der Waals surface area (Å²) in [4.78, 5) is 20.9. The van der Waals surface area contributed by atoms with Gasteiger partial charge in [0, 0.05) is 11.4 Å². The number of halogens is 3. The monoisotopic (exact) mass is 503 g/mol. The Hall–Kier alpha value is -5.12. The number of hydrogen-bond donors (Lipinski definition) is 1. The third kappa shape index (κ3) is 4.47. The summed E-state index contributed by atoms with van der Waals surface area (Å²) in [6.07, 6.45) is -3.66. The molecule has 0 spiro atoms. The molecule has 0 aliphatic carbocycles. The minimum atomic E-state index is -5.13. The highest BCUT2D eigenvalue weighted by molar-refractivity contribution is 6.02. The summed E-state index contributed by atoms with van der Waals surface area (Å²) in [5.41, 5.74) is 2.23. The van der Waals surface area contributed by atoms with E-state index in [1.54, 1.807) is 35.8 Å². The summed E-state index contributed by atoms with van der Waals surface area (Å²) in [5.74, 6) is -1.72. The van der Waals surface area contributed by atoms with Crippen molar-refractivity contribution in [3.63, 3.8) is 0 Å². The van der Waals surface area contributed by atoms with Gasteiger partial charge in [-0.15, -0.1) is 5.10 Å². The zero-order valence-corrected chi connectivity index (χ0v) is 19.3. The van der Waals surface area contributed by atoms with Crippen molar-refractivity contribution in [3.8, 4) is 17.7 Å². The van der Waals surface area contributed by atoms with Crippen molar-refractivity contribution in [3.05, 3.63) is 77.5 Å². The van der Waals surface area contributed by atoms with E-state index in [2.05, 4.69) is 30.6 Å². The zero-order valence-electron chi connectivity index (χ0n) is 19.3. The van der Waals surface area contributed by atoms with E-state index in [0.717, 1.165) is 16.4 Å². The van der Waals surface area contributed by atoms with Crippen LogP contribution in [0.15, 0.2) is 54.9 Å². The number of nitrogens with zero attached hydrogens (tertiary/aromatic N) is 8. The standard InChI is InChI=1S/C24H16F3N9O/c1-13-3-7-20(33-32-13)30-15-4-6-18-19(10-15)35(12-29-18)21-8-5-17(22(37)24(25,26)27)23(31-21)36-14(2)9-16(11-28)34-36/h3-10,12H,1-2H3,(H,30,33). The lowest BCUT2D eigenvalue weighted by Crippen LogP contribution is -2.25. The fraction of sp³-hybridized carbons (Fsp3) is 0.125. The number of carbonyl (C=O) groups is 1. The van der Waals surface area contributed by atoms with E-state index in [1.165, 1.54) is 18.5 Å². The van der Waals surface area contributed by atoms with Crippen LogP contribution in [0.2, 0.25) is 0 Å². The van der Waals surface area contributed by atoms with Crippen molar-refractivity contribution < 1.29 is 18.0 Å². The third-order valence-corrected chi connectivity index (χ3v) is 5.43. The fourth-order valence-corrected chi connectivity index (χ4v) is 3.69. The maximum Gasteiger partial charge on any atom is 0.455 e. The number of ketones is 1. The number of nitrogens with one attached hydrogen (secondary N) is 1. The van der Waals surface area contributed by atoms with E-state index in [9.17, 15) is 23.2 Å². The fourth-order valence-electron chi connectivity index (χ4n) is 3.69. The quantitative estimate of drug-likeness (QED) is 0.350. The third-order valence-electron chi connectivity index (χ3n) is 5.43. The van der Waals surface area contributed by atoms with Crippen molar-refractivity contribution in [2.24, 2.45) is 0 Å². The molecule has 4 aromatic heterocycles. The number of alkyl halides is 3. The molecular formula is C24H16F3N9O. The number of pyridine rings is 1. The van der Waals surface area contributed by atoms with Crippen LogP contribution in [0.3, 0.4) is 0 Å². The number of fused-ring (bicyclic) bond motifs is 1. The Bertz CT molecular complexity index is 1700. The van der Waals surface area contributed by atoms with Gasteiger partial charge in [-0.2, -0.15) is 28.6 Å². The van der Waals surface area contributed by atoms with E-state index in [1.807, 2.05) is 19.1 Å². The first-order valence-corrected chi connectivity index (χ1v) is 10.8. The van der Waals surface area contributed by atoms with E-state index in [4.69, 9.17) is 0 Å². The van der Waals surface area contributed by atoms with E-state index >= 15 is 0 Å². The molecule has 0 fully saturated rings. The molecule has 0 amide bonds. The van der Waals surface area contributed by atoms with Gasteiger partial charge in [0.2, 0.25) is 0 Å². The van der Waals surface area contributed by atoms with Gasteiger partial charge in [-0.25, -0.2) is 14.6 Å². The molecule has 0 aliphatic rings. The summed E-state index contributed by atoms with van der Waals surface area (Å²) in [5, 5.41) is 24.4. The van der Waals surface area contributed by atoms with Crippen molar-refractivity contribution in [2.75, 3.05) is 5.32 Å². The van der Waals surface area contributed by atoms with Crippen LogP contribution in [0.1, 0.15) is 27.4 Å². The average molecular weight is 503 g/mol. The van der Waals surface area contributed by atoms with Crippen LogP contribution in [0, 0.1) is 25.2 Å². The smallest absolute Gasteiger partial charge is 0.339 e. The molecule has 5 aromatic rings. The Kier molecular flexibility index (Phi) is 5.63. The molecule has 0 atom stereocenters. The van der Waals surface area contributed by atoms with Crippen molar-refractivity contribution in [1.82, 2.24) is 34.5 Å². The van der Waals surface area contributed by atoms with Gasteiger partial charge in [0.1, 0.15) is 18.2 Å². The number of anilines is 2. The summed E-state index contributed by atoms with van der Waals surface area (Å²) < 4.78 is 42.6. The average Bonchev–Trinajstić information content (AvgIpc) is 3.47. The number of benzene rings is 1. The first kappa shape index (κ1) is 23.6. The Morgan fingerprint density at radius 3 is 2.54 bits per heavy atom. The molecule has 10 nitrogen and oxygen atoms in total. The molecule has 37 heavy (non-hydrogen) atoms. The molecule has 0 radical (unpaired) electrons. The molecule has 0 aliphatic heterocycles. The van der Waals surface area contributed by atoms with E-state index in [0.29, 0.717) is 28.2 Å². The first-order chi connectivity index (χ1) is 17.6. The topological polar surface area (TPSA) is 127 Å². The molecule has 0 unspecified atom stereocenters. The van der Waals surface area contributed by atoms with Gasteiger partial charge in [0.05, 0.1) is 22.3 Å². The Morgan fingerprint density at radius 2 is 1.86 bits per heavy atom. The maximum atomic E-state index is 13.3. The van der Waals surface area contributed by atoms with Crippen molar-refractivity contribution in [2.45, 2.75) is 20.0 Å². The highest BCUT2D eigenvalue weighted by atomic mass is 19.4. The predicted molar refractivity (Wildman–Crippen MR) is 126 cm³/mol. The summed E-state index contributed by atoms with van der Waals surface area (Å²) in [6, 6.07) is 14.5. The Morgan fingerprint density at radius 1 is 1.05 bits per heavy atom. The lowest BCUT2D eigenvalue weighted by atomic mass is 10.1. The zero-order chi connectivity index (χ0) is 26.3. The van der Waals surface area contributed by atoms with E-state index in [-0.39, 0.29) is 17.3 Å². The van der Waals surface area contributed by atoms with Gasteiger partial charge in [0.15, 0.2) is 17.3 Å². The van der Waals surface area contributed by atoms with Gasteiger partial charge in [-0.1, -0.05) is 0 Å². The number of aryl methyl sites for hydroxylation is 2. The second-order valence-corrected chi connectivity index (χ2v) is 8.07. The number of aromatic nitrogens is 7. The molecule has 4 heterocycles. The van der Waals surface area contributed by atoms with E-state index < -0.39 is 17.5 Å². The number of carbonyl (C=O) groups excluding carboxylic acids is 1. The lowest BCUT2D eigenvalue weighted by molar-refractivity contribution is -0.0885. The van der Waals surface area contributed by atoms with Crippen LogP contribution in [-0.4, -0.2) is 46.5 Å². The van der Waals surface area contributed by atoms with Crippen molar-refractivity contribution in [1.29, 1.82) is 5.26 Å². The van der Waals surface area contributed by atoms with Crippen LogP contribution in [-0.2, 0) is 0 Å². The molecular weight excluding hydrogens is 487 g/mol. The molecule has 0 saturated carbocycles. The van der Waals surface area contributed by atoms with Gasteiger partial charge in [-0.05, 0) is 62.4 Å². The number of hydrogen-bond acceptors (Lipinski definition) is 8. The lowest BCUT2D eigenvalue weighted by Gasteiger charge is -2.14. The van der Waals surface area contributed by atoms with Crippen molar-refractivity contribution >= 4 is 28.3 Å². The molecule has 0 saturated heterocycles. The van der Waals surface area contributed by atoms with Crippen LogP contribution in [0.25, 0.3) is 22.7 Å². The summed E-state index contributed by atoms with van der Waals surface area (Å²) >= 11 is 0. The summed E-state index contributed by atoms with van der Waals surface area (Å²) in [6.45, 7) is 3.37. The number of rotatable bonds is 5. The normalized spacial score (nSPS) is 11.5. The second kappa shape index (κ2) is 8.83. The second-order valence-electron chi connectivity index (χ2n) is 8.07. The van der Waals surface area contributed by atoms with Crippen LogP contribution in [0.4, 0.5) is 24.7 Å². The predicted octanol–water partition coefficient (Wildman–Crippen LogP) is 4.37. The minimum Gasteiger partial charge on any atom is -0.339 e. The van der Waals surface area contributed by atoms with Crippen LogP contribution < -0.4 is 5.32 Å². The molecule has 5 rings (SSSR count). The van der Waals surface area contributed by atoms with Gasteiger partial charge in [-0.3, -0.25) is 9.36 Å². The highest BCUT2D eigenvalue weighted by Gasteiger charge is 2.41. The molecule has 13 heteroatoms. The molecule has 1 N–H and O–H groups in total. The minimum absolute atomic E-state index is 0.0295. The number of Topliss-reactive ketones (excluding diaryl/α,β-unsaturated/α-hetero) is 1. The summed E-state index contributed by atoms with van der Waals surface area (Å²) in [7, 11) is 0. The number of imidazole rings is 1. The van der Waals surface area contributed by atoms with Gasteiger partial charge < -0.3 is 5.32 Å². The Labute approximate surface area is 207 Å². The molecule has 0 bridgehead atoms. The molecule has 1 aromatic carbocycles. The number of nitriles is 1. The van der Waals surface area contributed by atoms with Gasteiger partial charge in [0.25, 0.3) is 5.78 Å². The van der Waals surface area contributed by atoms with Crippen LogP contribution >= 0.6 is 0 Å². The Balaban J connectivity index is 1.63. The van der Waals surface area contributed by atoms with Gasteiger partial charge >= 0.3 is 6.18 Å². The largest absolute Gasteiger partial charge is 0.455 e.